The van der Waals surface area contributed by atoms with E-state index in [-0.39, 0.29) is 12.5 Å². The molecule has 0 spiro atoms. The summed E-state index contributed by atoms with van der Waals surface area (Å²) in [6.45, 7) is 0.0257. The van der Waals surface area contributed by atoms with Crippen molar-refractivity contribution in [3.63, 3.8) is 0 Å². The van der Waals surface area contributed by atoms with Crippen molar-refractivity contribution in [3.05, 3.63) is 65.0 Å². The van der Waals surface area contributed by atoms with Crippen LogP contribution >= 0.6 is 11.6 Å². The normalized spacial score (nSPS) is 10.5. The van der Waals surface area contributed by atoms with E-state index in [9.17, 15) is 4.79 Å². The van der Waals surface area contributed by atoms with Gasteiger partial charge in [0, 0.05) is 10.6 Å². The summed E-state index contributed by atoms with van der Waals surface area (Å²) in [5, 5.41) is 8.44. The minimum Gasteiger partial charge on any atom is -0.483 e. The van der Waals surface area contributed by atoms with Gasteiger partial charge in [-0.2, -0.15) is 0 Å². The summed E-state index contributed by atoms with van der Waals surface area (Å²) >= 11 is 5.93. The van der Waals surface area contributed by atoms with Crippen LogP contribution in [0.2, 0.25) is 5.02 Å². The number of hydrogen-bond acceptors (Lipinski definition) is 5. The van der Waals surface area contributed by atoms with Crippen molar-refractivity contribution in [2.45, 2.75) is 6.61 Å². The minimum atomic E-state index is -0.564. The number of nitrogens with two attached hydrogens (primary N) is 1. The second kappa shape index (κ2) is 6.50. The Bertz CT molecular complexity index is 848. The molecular weight excluding hydrogens is 318 g/mol. The first-order valence-corrected chi connectivity index (χ1v) is 7.11. The van der Waals surface area contributed by atoms with Gasteiger partial charge in [0.15, 0.2) is 6.61 Å². The standard InChI is InChI=1S/C16H12ClN3O3/c17-11-5-3-4-10(8-11)16-20-19-14(23-16)9-22-13-7-2-1-6-12(13)15(18)21/h1-8H,9H2,(H2,18,21). The van der Waals surface area contributed by atoms with E-state index >= 15 is 0 Å². The predicted octanol–water partition coefficient (Wildman–Crippen LogP) is 3.07. The van der Waals surface area contributed by atoms with E-state index in [1.54, 1.807) is 42.5 Å². The quantitative estimate of drug-likeness (QED) is 0.776. The summed E-state index contributed by atoms with van der Waals surface area (Å²) in [6, 6.07) is 13.8. The van der Waals surface area contributed by atoms with Crippen molar-refractivity contribution in [1.29, 1.82) is 0 Å². The van der Waals surface area contributed by atoms with E-state index in [4.69, 9.17) is 26.5 Å². The summed E-state index contributed by atoms with van der Waals surface area (Å²) in [5.41, 5.74) is 6.31. The van der Waals surface area contributed by atoms with Gasteiger partial charge in [0.05, 0.1) is 5.56 Å². The SMILES string of the molecule is NC(=O)c1ccccc1OCc1nnc(-c2cccc(Cl)c2)o1. The molecule has 6 nitrogen and oxygen atoms in total. The van der Waals surface area contributed by atoms with E-state index in [2.05, 4.69) is 10.2 Å². The third-order valence-corrected chi connectivity index (χ3v) is 3.28. The number of nitrogens with zero attached hydrogens (tertiary/aromatic N) is 2. The fraction of sp³-hybridized carbons (Fsp3) is 0.0625. The molecule has 0 saturated carbocycles. The highest BCUT2D eigenvalue weighted by atomic mass is 35.5. The van der Waals surface area contributed by atoms with Crippen molar-refractivity contribution in [3.8, 4) is 17.2 Å². The lowest BCUT2D eigenvalue weighted by molar-refractivity contribution is 0.0995. The Morgan fingerprint density at radius 2 is 2.00 bits per heavy atom. The summed E-state index contributed by atoms with van der Waals surface area (Å²) in [5.74, 6) is 0.418. The van der Waals surface area contributed by atoms with E-state index < -0.39 is 5.91 Å². The Hall–Kier alpha value is -2.86. The Morgan fingerprint density at radius 3 is 2.78 bits per heavy atom. The monoisotopic (exact) mass is 329 g/mol. The molecular formula is C16H12ClN3O3. The molecule has 116 valence electrons. The molecule has 0 fully saturated rings. The van der Waals surface area contributed by atoms with Gasteiger partial charge in [0.25, 0.3) is 11.8 Å². The molecule has 0 atom stereocenters. The second-order valence-corrected chi connectivity index (χ2v) is 5.10. The Labute approximate surface area is 136 Å². The molecule has 1 heterocycles. The number of carbonyl (C=O) groups is 1. The first kappa shape index (κ1) is 15.1. The minimum absolute atomic E-state index is 0.0257. The average Bonchev–Trinajstić information content (AvgIpc) is 3.02. The van der Waals surface area contributed by atoms with Crippen LogP contribution in [0.25, 0.3) is 11.5 Å². The summed E-state index contributed by atoms with van der Waals surface area (Å²) < 4.78 is 11.1. The molecule has 0 aliphatic heterocycles. The lowest BCUT2D eigenvalue weighted by atomic mass is 10.2. The van der Waals surface area contributed by atoms with Crippen LogP contribution in [0.15, 0.2) is 52.9 Å². The number of benzene rings is 2. The van der Waals surface area contributed by atoms with Crippen LogP contribution in [0.3, 0.4) is 0 Å². The van der Waals surface area contributed by atoms with Gasteiger partial charge in [-0.25, -0.2) is 0 Å². The van der Waals surface area contributed by atoms with Crippen molar-refractivity contribution in [2.75, 3.05) is 0 Å². The Balaban J connectivity index is 1.74. The molecule has 0 unspecified atom stereocenters. The van der Waals surface area contributed by atoms with E-state index in [1.807, 2.05) is 6.07 Å². The molecule has 7 heteroatoms. The molecule has 0 bridgehead atoms. The van der Waals surface area contributed by atoms with Gasteiger partial charge in [-0.05, 0) is 30.3 Å². The van der Waals surface area contributed by atoms with Crippen LogP contribution in [0.1, 0.15) is 16.2 Å². The molecule has 2 N–H and O–H groups in total. The molecule has 3 rings (SSSR count). The maximum atomic E-state index is 11.3. The third kappa shape index (κ3) is 3.49. The van der Waals surface area contributed by atoms with Gasteiger partial charge in [0.1, 0.15) is 5.75 Å². The van der Waals surface area contributed by atoms with Crippen LogP contribution in [-0.4, -0.2) is 16.1 Å². The van der Waals surface area contributed by atoms with Gasteiger partial charge in [-0.1, -0.05) is 29.8 Å². The van der Waals surface area contributed by atoms with Gasteiger partial charge < -0.3 is 14.9 Å². The van der Waals surface area contributed by atoms with Gasteiger partial charge in [0.2, 0.25) is 5.89 Å². The zero-order chi connectivity index (χ0) is 16.2. The zero-order valence-electron chi connectivity index (χ0n) is 11.9. The number of hydrogen-bond donors (Lipinski definition) is 1. The second-order valence-electron chi connectivity index (χ2n) is 4.66. The van der Waals surface area contributed by atoms with E-state index in [1.165, 1.54) is 0 Å². The fourth-order valence-electron chi connectivity index (χ4n) is 1.99. The summed E-state index contributed by atoms with van der Waals surface area (Å²) in [7, 11) is 0. The Morgan fingerprint density at radius 1 is 1.17 bits per heavy atom. The molecule has 23 heavy (non-hydrogen) atoms. The summed E-state index contributed by atoms with van der Waals surface area (Å²) in [6.07, 6.45) is 0. The molecule has 0 aliphatic rings. The summed E-state index contributed by atoms with van der Waals surface area (Å²) in [4.78, 5) is 11.3. The molecule has 2 aromatic carbocycles. The van der Waals surface area contributed by atoms with Crippen LogP contribution in [0, 0.1) is 0 Å². The smallest absolute Gasteiger partial charge is 0.254 e. The molecule has 1 amide bonds. The molecule has 0 saturated heterocycles. The number of carbonyl (C=O) groups excluding carboxylic acids is 1. The molecule has 1 aromatic heterocycles. The van der Waals surface area contributed by atoms with E-state index in [0.717, 1.165) is 0 Å². The van der Waals surface area contributed by atoms with Gasteiger partial charge in [-0.15, -0.1) is 10.2 Å². The number of halogens is 1. The number of primary amides is 1. The highest BCUT2D eigenvalue weighted by Crippen LogP contribution is 2.23. The number of ether oxygens (including phenoxy) is 1. The Kier molecular flexibility index (Phi) is 4.25. The molecule has 0 aliphatic carbocycles. The van der Waals surface area contributed by atoms with Crippen LogP contribution in [-0.2, 0) is 6.61 Å². The van der Waals surface area contributed by atoms with Crippen LogP contribution in [0.4, 0.5) is 0 Å². The first-order chi connectivity index (χ1) is 11.1. The largest absolute Gasteiger partial charge is 0.483 e. The highest BCUT2D eigenvalue weighted by Gasteiger charge is 2.12. The molecule has 0 radical (unpaired) electrons. The lowest BCUT2D eigenvalue weighted by Crippen LogP contribution is -2.12. The lowest BCUT2D eigenvalue weighted by Gasteiger charge is -2.06. The van der Waals surface area contributed by atoms with Crippen LogP contribution < -0.4 is 10.5 Å². The van der Waals surface area contributed by atoms with Crippen LogP contribution in [0.5, 0.6) is 5.75 Å². The van der Waals surface area contributed by atoms with E-state index in [0.29, 0.717) is 27.8 Å². The highest BCUT2D eigenvalue weighted by molar-refractivity contribution is 6.30. The zero-order valence-corrected chi connectivity index (χ0v) is 12.7. The maximum Gasteiger partial charge on any atom is 0.254 e. The first-order valence-electron chi connectivity index (χ1n) is 6.73. The van der Waals surface area contributed by atoms with Crippen molar-refractivity contribution >= 4 is 17.5 Å². The number of rotatable bonds is 5. The van der Waals surface area contributed by atoms with Crippen molar-refractivity contribution in [2.24, 2.45) is 5.73 Å². The number of amides is 1. The van der Waals surface area contributed by atoms with Gasteiger partial charge >= 0.3 is 0 Å². The number of aromatic nitrogens is 2. The van der Waals surface area contributed by atoms with Gasteiger partial charge in [-0.3, -0.25) is 4.79 Å². The maximum absolute atomic E-state index is 11.3. The molecule has 3 aromatic rings. The predicted molar refractivity (Wildman–Crippen MR) is 84.0 cm³/mol. The number of para-hydroxylation sites is 1. The average molecular weight is 330 g/mol. The third-order valence-electron chi connectivity index (χ3n) is 3.04. The van der Waals surface area contributed by atoms with Crippen molar-refractivity contribution < 1.29 is 13.9 Å². The topological polar surface area (TPSA) is 91.2 Å². The fourth-order valence-corrected chi connectivity index (χ4v) is 2.18. The van der Waals surface area contributed by atoms with Crippen molar-refractivity contribution in [1.82, 2.24) is 10.2 Å².